The number of phenolic OH excluding ortho intramolecular Hbond substituents is 1. The van der Waals surface area contributed by atoms with E-state index in [-0.39, 0.29) is 17.7 Å². The number of benzene rings is 2. The topological polar surface area (TPSA) is 47.0 Å². The quantitative estimate of drug-likeness (QED) is 0.580. The van der Waals surface area contributed by atoms with Crippen LogP contribution in [0.5, 0.6) is 5.75 Å². The highest BCUT2D eigenvalue weighted by Gasteiger charge is 2.33. The van der Waals surface area contributed by atoms with Gasteiger partial charge in [0.1, 0.15) is 5.75 Å². The van der Waals surface area contributed by atoms with E-state index < -0.39 is 0 Å². The van der Waals surface area contributed by atoms with Gasteiger partial charge in [0.15, 0.2) is 0 Å². The van der Waals surface area contributed by atoms with Gasteiger partial charge in [0.2, 0.25) is 0 Å². The molecule has 1 N–H and O–H groups in total. The van der Waals surface area contributed by atoms with Gasteiger partial charge in [0.05, 0.1) is 6.04 Å². The molecule has 5 heteroatoms. The molecule has 1 fully saturated rings. The molecule has 0 spiro atoms. The number of amides is 1. The fourth-order valence-electron chi connectivity index (χ4n) is 5.01. The number of rotatable bonds is 8. The Hall–Kier alpha value is -2.63. The Morgan fingerprint density at radius 3 is 2.24 bits per heavy atom. The molecular formula is C28H39N3O2. The van der Waals surface area contributed by atoms with E-state index in [9.17, 15) is 9.90 Å². The fourth-order valence-corrected chi connectivity index (χ4v) is 5.01. The monoisotopic (exact) mass is 449 g/mol. The van der Waals surface area contributed by atoms with Crippen LogP contribution in [0.15, 0.2) is 60.7 Å². The molecule has 1 amide bonds. The van der Waals surface area contributed by atoms with E-state index in [1.54, 1.807) is 6.07 Å². The summed E-state index contributed by atoms with van der Waals surface area (Å²) >= 11 is 0. The molecule has 0 aliphatic carbocycles. The first-order valence-electron chi connectivity index (χ1n) is 12.2. The number of aromatic hydroxyl groups is 1. The van der Waals surface area contributed by atoms with Crippen LogP contribution in [-0.2, 0) is 0 Å². The van der Waals surface area contributed by atoms with Gasteiger partial charge in [0.25, 0.3) is 5.91 Å². The summed E-state index contributed by atoms with van der Waals surface area (Å²) in [6.45, 7) is 14.9. The minimum Gasteiger partial charge on any atom is -0.508 e. The van der Waals surface area contributed by atoms with Gasteiger partial charge in [0, 0.05) is 50.4 Å². The highest BCUT2D eigenvalue weighted by molar-refractivity contribution is 5.94. The fraction of sp³-hybridized carbons (Fsp3) is 0.464. The molecule has 0 aromatic heterocycles. The van der Waals surface area contributed by atoms with Crippen molar-refractivity contribution in [3.63, 3.8) is 0 Å². The third kappa shape index (κ3) is 5.84. The molecule has 3 rings (SSSR count). The van der Waals surface area contributed by atoms with Crippen molar-refractivity contribution in [2.75, 3.05) is 32.7 Å². The molecule has 0 bridgehead atoms. The van der Waals surface area contributed by atoms with Gasteiger partial charge in [-0.05, 0) is 70.0 Å². The summed E-state index contributed by atoms with van der Waals surface area (Å²) in [5.41, 5.74) is 2.92. The Bertz CT molecular complexity index is 924. The summed E-state index contributed by atoms with van der Waals surface area (Å²) in [5.74, 6) is 0.346. The van der Waals surface area contributed by atoms with E-state index in [1.165, 1.54) is 0 Å². The molecule has 0 saturated carbocycles. The maximum atomic E-state index is 12.8. The van der Waals surface area contributed by atoms with Gasteiger partial charge in [-0.2, -0.15) is 0 Å². The van der Waals surface area contributed by atoms with Gasteiger partial charge in [-0.3, -0.25) is 14.6 Å². The minimum absolute atomic E-state index is 0.0171. The van der Waals surface area contributed by atoms with Crippen molar-refractivity contribution in [3.05, 3.63) is 77.4 Å². The molecule has 5 nitrogen and oxygen atoms in total. The Kier molecular flexibility index (Phi) is 8.70. The highest BCUT2D eigenvalue weighted by atomic mass is 16.3. The second-order valence-corrected chi connectivity index (χ2v) is 9.01. The minimum atomic E-state index is 0.0171. The van der Waals surface area contributed by atoms with Crippen LogP contribution in [0.1, 0.15) is 62.1 Å². The lowest BCUT2D eigenvalue weighted by molar-refractivity contribution is 0.0322. The van der Waals surface area contributed by atoms with E-state index in [0.29, 0.717) is 25.2 Å². The molecule has 1 heterocycles. The van der Waals surface area contributed by atoms with Crippen LogP contribution in [0, 0.1) is 0 Å². The van der Waals surface area contributed by atoms with E-state index in [1.807, 2.05) is 43.0 Å². The molecule has 1 saturated heterocycles. The molecular weight excluding hydrogens is 410 g/mol. The number of hydrogen-bond acceptors (Lipinski definition) is 4. The zero-order chi connectivity index (χ0) is 24.0. The van der Waals surface area contributed by atoms with Crippen LogP contribution in [0.4, 0.5) is 0 Å². The first kappa shape index (κ1) is 25.0. The summed E-state index contributed by atoms with van der Waals surface area (Å²) in [6.07, 6.45) is 4.34. The summed E-state index contributed by atoms with van der Waals surface area (Å²) in [7, 11) is 0. The number of carbonyl (C=O) groups excluding carboxylic acids is 1. The molecule has 1 aliphatic heterocycles. The SMILES string of the molecule is C/C=C\CN1C(C)CN(C(c2ccc(C(=O)N(CC)CC)cc2)c2cccc(O)c2)CC1C. The molecule has 33 heavy (non-hydrogen) atoms. The van der Waals surface area contributed by atoms with Crippen LogP contribution in [0.3, 0.4) is 0 Å². The lowest BCUT2D eigenvalue weighted by atomic mass is 9.93. The van der Waals surface area contributed by atoms with Crippen LogP contribution in [-0.4, -0.2) is 70.5 Å². The van der Waals surface area contributed by atoms with Gasteiger partial charge in [-0.15, -0.1) is 0 Å². The molecule has 3 unspecified atom stereocenters. The molecule has 2 aromatic rings. The third-order valence-corrected chi connectivity index (χ3v) is 6.76. The van der Waals surface area contributed by atoms with Crippen molar-refractivity contribution < 1.29 is 9.90 Å². The Balaban J connectivity index is 1.93. The van der Waals surface area contributed by atoms with Crippen LogP contribution >= 0.6 is 0 Å². The van der Waals surface area contributed by atoms with Gasteiger partial charge in [-0.1, -0.05) is 36.4 Å². The van der Waals surface area contributed by atoms with E-state index in [0.717, 1.165) is 36.3 Å². The van der Waals surface area contributed by atoms with Gasteiger partial charge in [-0.25, -0.2) is 0 Å². The van der Waals surface area contributed by atoms with Crippen LogP contribution in [0.2, 0.25) is 0 Å². The summed E-state index contributed by atoms with van der Waals surface area (Å²) in [4.78, 5) is 19.7. The smallest absolute Gasteiger partial charge is 0.253 e. The number of nitrogens with zero attached hydrogens (tertiary/aromatic N) is 3. The van der Waals surface area contributed by atoms with E-state index >= 15 is 0 Å². The van der Waals surface area contributed by atoms with Crippen LogP contribution in [0.25, 0.3) is 0 Å². The first-order valence-corrected chi connectivity index (χ1v) is 12.2. The predicted octanol–water partition coefficient (Wildman–Crippen LogP) is 4.93. The average Bonchev–Trinajstić information content (AvgIpc) is 2.80. The van der Waals surface area contributed by atoms with E-state index in [4.69, 9.17) is 0 Å². The maximum absolute atomic E-state index is 12.8. The predicted molar refractivity (Wildman–Crippen MR) is 136 cm³/mol. The van der Waals surface area contributed by atoms with Crippen LogP contribution < -0.4 is 0 Å². The summed E-state index contributed by atoms with van der Waals surface area (Å²) in [5, 5.41) is 10.2. The van der Waals surface area contributed by atoms with Gasteiger partial charge >= 0.3 is 0 Å². The second-order valence-electron chi connectivity index (χ2n) is 9.01. The lowest BCUT2D eigenvalue weighted by Gasteiger charge is -2.47. The number of carbonyl (C=O) groups is 1. The average molecular weight is 450 g/mol. The normalized spacial score (nSPS) is 20.8. The molecule has 2 aromatic carbocycles. The number of hydrogen-bond donors (Lipinski definition) is 1. The Labute approximate surface area is 199 Å². The standard InChI is InChI=1S/C28H39N3O2/c1-6-9-17-31-21(4)19-30(20-22(31)5)27(25-11-10-12-26(32)18-25)23-13-15-24(16-14-23)28(33)29(7-2)8-3/h6,9-16,18,21-22,27,32H,7-8,17,19-20H2,1-5H3/b9-6-. The van der Waals surface area contributed by atoms with Crippen molar-refractivity contribution in [1.82, 2.24) is 14.7 Å². The Morgan fingerprint density at radius 2 is 1.70 bits per heavy atom. The van der Waals surface area contributed by atoms with Crippen molar-refractivity contribution in [2.45, 2.75) is 52.7 Å². The lowest BCUT2D eigenvalue weighted by Crippen LogP contribution is -2.57. The Morgan fingerprint density at radius 1 is 1.06 bits per heavy atom. The van der Waals surface area contributed by atoms with Crippen molar-refractivity contribution in [2.24, 2.45) is 0 Å². The molecule has 178 valence electrons. The van der Waals surface area contributed by atoms with E-state index in [2.05, 4.69) is 60.9 Å². The molecule has 3 atom stereocenters. The summed E-state index contributed by atoms with van der Waals surface area (Å²) in [6, 6.07) is 16.5. The second kappa shape index (κ2) is 11.5. The highest BCUT2D eigenvalue weighted by Crippen LogP contribution is 2.33. The van der Waals surface area contributed by atoms with Gasteiger partial charge < -0.3 is 10.0 Å². The first-order chi connectivity index (χ1) is 15.9. The van der Waals surface area contributed by atoms with Crippen molar-refractivity contribution in [3.8, 4) is 5.75 Å². The number of allylic oxidation sites excluding steroid dienone is 1. The zero-order valence-electron chi connectivity index (χ0n) is 20.7. The van der Waals surface area contributed by atoms with Crippen molar-refractivity contribution in [1.29, 1.82) is 0 Å². The maximum Gasteiger partial charge on any atom is 0.253 e. The molecule has 0 radical (unpaired) electrons. The third-order valence-electron chi connectivity index (χ3n) is 6.76. The number of phenols is 1. The largest absolute Gasteiger partial charge is 0.508 e. The van der Waals surface area contributed by atoms with Crippen molar-refractivity contribution >= 4 is 5.91 Å². The summed E-state index contributed by atoms with van der Waals surface area (Å²) < 4.78 is 0. The zero-order valence-corrected chi connectivity index (χ0v) is 20.7. The molecule has 1 aliphatic rings. The number of piperazine rings is 1.